The van der Waals surface area contributed by atoms with Crippen molar-refractivity contribution in [3.05, 3.63) is 29.8 Å². The molecule has 1 unspecified atom stereocenters. The van der Waals surface area contributed by atoms with Crippen LogP contribution in [-0.2, 0) is 9.09 Å². The lowest BCUT2D eigenvalue weighted by Gasteiger charge is -2.07. The van der Waals surface area contributed by atoms with Gasteiger partial charge in [0.2, 0.25) is 0 Å². The highest BCUT2D eigenvalue weighted by Crippen LogP contribution is 2.28. The predicted octanol–water partition coefficient (Wildman–Crippen LogP) is 5.92. The highest BCUT2D eigenvalue weighted by atomic mass is 31.1. The molecule has 0 N–H and O–H groups in total. The molecule has 0 spiro atoms. The summed E-state index contributed by atoms with van der Waals surface area (Å²) in [5.41, 5.74) is 1.15. The largest absolute Gasteiger partial charge is 0.426 e. The molecule has 4 heteroatoms. The third-order valence-electron chi connectivity index (χ3n) is 3.44. The SMILES string of the molecule is CCCCCCCCCCO[PH](=O)Oc1ccc(C)cc1. The van der Waals surface area contributed by atoms with Gasteiger partial charge in [0.25, 0.3) is 0 Å². The highest BCUT2D eigenvalue weighted by molar-refractivity contribution is 7.33. The molecule has 3 nitrogen and oxygen atoms in total. The molecule has 120 valence electrons. The fraction of sp³-hybridized carbons (Fsp3) is 0.647. The van der Waals surface area contributed by atoms with Crippen molar-refractivity contribution >= 4 is 8.25 Å². The predicted molar refractivity (Wildman–Crippen MR) is 89.4 cm³/mol. The van der Waals surface area contributed by atoms with Gasteiger partial charge in [0, 0.05) is 0 Å². The zero-order valence-electron chi connectivity index (χ0n) is 13.4. The summed E-state index contributed by atoms with van der Waals surface area (Å²) >= 11 is 0. The molecule has 0 fully saturated rings. The van der Waals surface area contributed by atoms with Crippen LogP contribution in [0.25, 0.3) is 0 Å². The number of hydrogen-bond donors (Lipinski definition) is 0. The fourth-order valence-corrected chi connectivity index (χ4v) is 2.82. The van der Waals surface area contributed by atoms with Crippen LogP contribution in [0.4, 0.5) is 0 Å². The topological polar surface area (TPSA) is 35.5 Å². The van der Waals surface area contributed by atoms with E-state index in [4.69, 9.17) is 9.05 Å². The van der Waals surface area contributed by atoms with E-state index in [2.05, 4.69) is 6.92 Å². The van der Waals surface area contributed by atoms with E-state index in [0.717, 1.165) is 18.4 Å². The Labute approximate surface area is 130 Å². The van der Waals surface area contributed by atoms with Gasteiger partial charge in [-0.3, -0.25) is 0 Å². The molecule has 0 aliphatic carbocycles. The molecule has 0 bridgehead atoms. The third-order valence-corrected chi connectivity index (χ3v) is 4.28. The van der Waals surface area contributed by atoms with Crippen molar-refractivity contribution in [1.82, 2.24) is 0 Å². The summed E-state index contributed by atoms with van der Waals surface area (Å²) in [6, 6.07) is 7.50. The van der Waals surface area contributed by atoms with E-state index in [1.54, 1.807) is 0 Å². The number of unbranched alkanes of at least 4 members (excludes halogenated alkanes) is 7. The molecule has 0 radical (unpaired) electrons. The Morgan fingerprint density at radius 2 is 1.48 bits per heavy atom. The van der Waals surface area contributed by atoms with Crippen molar-refractivity contribution in [2.75, 3.05) is 6.61 Å². The first-order valence-electron chi connectivity index (χ1n) is 8.13. The first kappa shape index (κ1) is 18.3. The van der Waals surface area contributed by atoms with Crippen LogP contribution in [0.15, 0.2) is 24.3 Å². The Kier molecular flexibility index (Phi) is 10.3. The Morgan fingerprint density at radius 3 is 2.10 bits per heavy atom. The van der Waals surface area contributed by atoms with Gasteiger partial charge in [-0.2, -0.15) is 0 Å². The van der Waals surface area contributed by atoms with Gasteiger partial charge in [-0.15, -0.1) is 0 Å². The van der Waals surface area contributed by atoms with Crippen molar-refractivity contribution in [2.24, 2.45) is 0 Å². The van der Waals surface area contributed by atoms with E-state index < -0.39 is 8.25 Å². The molecular weight excluding hydrogens is 283 g/mol. The average Bonchev–Trinajstić information content (AvgIpc) is 2.48. The summed E-state index contributed by atoms with van der Waals surface area (Å²) < 4.78 is 22.2. The molecule has 0 aromatic heterocycles. The van der Waals surface area contributed by atoms with Crippen molar-refractivity contribution in [1.29, 1.82) is 0 Å². The highest BCUT2D eigenvalue weighted by Gasteiger charge is 2.01. The van der Waals surface area contributed by atoms with Gasteiger partial charge in [-0.05, 0) is 25.5 Å². The first-order valence-corrected chi connectivity index (χ1v) is 9.36. The lowest BCUT2D eigenvalue weighted by Crippen LogP contribution is -1.91. The minimum absolute atomic E-state index is 0.526. The van der Waals surface area contributed by atoms with Crippen LogP contribution in [0.3, 0.4) is 0 Å². The lowest BCUT2D eigenvalue weighted by molar-refractivity contribution is 0.277. The second-order valence-corrected chi connectivity index (χ2v) is 6.48. The zero-order chi connectivity index (χ0) is 15.3. The molecule has 0 aliphatic heterocycles. The Morgan fingerprint density at radius 1 is 0.905 bits per heavy atom. The van der Waals surface area contributed by atoms with Gasteiger partial charge in [-0.1, -0.05) is 69.6 Å². The van der Waals surface area contributed by atoms with Crippen LogP contribution in [-0.4, -0.2) is 6.61 Å². The first-order chi connectivity index (χ1) is 10.2. The lowest BCUT2D eigenvalue weighted by atomic mass is 10.1. The molecule has 0 amide bonds. The summed E-state index contributed by atoms with van der Waals surface area (Å²) in [6.45, 7) is 4.77. The number of rotatable bonds is 12. The third kappa shape index (κ3) is 9.71. The molecule has 21 heavy (non-hydrogen) atoms. The molecule has 1 aromatic rings. The minimum atomic E-state index is -2.41. The van der Waals surface area contributed by atoms with Crippen molar-refractivity contribution in [3.63, 3.8) is 0 Å². The zero-order valence-corrected chi connectivity index (χ0v) is 14.4. The second-order valence-electron chi connectivity index (χ2n) is 5.49. The second kappa shape index (κ2) is 11.8. The van der Waals surface area contributed by atoms with E-state index in [1.807, 2.05) is 31.2 Å². The number of benzene rings is 1. The average molecular weight is 312 g/mol. The summed E-state index contributed by atoms with van der Waals surface area (Å²) in [7, 11) is -2.41. The fourth-order valence-electron chi connectivity index (χ4n) is 2.12. The minimum Gasteiger partial charge on any atom is -0.426 e. The van der Waals surface area contributed by atoms with Crippen LogP contribution < -0.4 is 4.52 Å². The van der Waals surface area contributed by atoms with Crippen LogP contribution in [0.2, 0.25) is 0 Å². The van der Waals surface area contributed by atoms with E-state index in [0.29, 0.717) is 12.4 Å². The van der Waals surface area contributed by atoms with Gasteiger partial charge in [-0.25, -0.2) is 4.57 Å². The van der Waals surface area contributed by atoms with Crippen LogP contribution in [0.1, 0.15) is 63.9 Å². The smallest absolute Gasteiger partial charge is 0.367 e. The van der Waals surface area contributed by atoms with E-state index in [9.17, 15) is 4.57 Å². The van der Waals surface area contributed by atoms with Gasteiger partial charge in [0.15, 0.2) is 0 Å². The Bertz CT molecular complexity index is 390. The van der Waals surface area contributed by atoms with Gasteiger partial charge in [0.1, 0.15) is 5.75 Å². The van der Waals surface area contributed by atoms with Crippen LogP contribution in [0, 0.1) is 6.92 Å². The molecule has 1 atom stereocenters. The normalized spacial score (nSPS) is 12.3. The number of hydrogen-bond acceptors (Lipinski definition) is 3. The summed E-state index contributed by atoms with van der Waals surface area (Å²) in [6.07, 6.45) is 9.98. The molecule has 0 aliphatic rings. The molecule has 1 aromatic carbocycles. The molecular formula is C17H29O3P. The maximum Gasteiger partial charge on any atom is 0.367 e. The summed E-state index contributed by atoms with van der Waals surface area (Å²) in [4.78, 5) is 0. The Balaban J connectivity index is 1.97. The van der Waals surface area contributed by atoms with E-state index in [1.165, 1.54) is 38.5 Å². The summed E-state index contributed by atoms with van der Waals surface area (Å²) in [5.74, 6) is 0.611. The van der Waals surface area contributed by atoms with E-state index in [-0.39, 0.29) is 0 Å². The van der Waals surface area contributed by atoms with Crippen LogP contribution >= 0.6 is 8.25 Å². The quantitative estimate of drug-likeness (QED) is 0.355. The molecule has 0 heterocycles. The maximum atomic E-state index is 11.6. The standard InChI is InChI=1S/C17H29O3P/c1-3-4-5-6-7-8-9-10-15-19-21(18)20-17-13-11-16(2)12-14-17/h11-14,21H,3-10,15H2,1-2H3. The summed E-state index contributed by atoms with van der Waals surface area (Å²) in [5, 5.41) is 0. The molecule has 0 saturated carbocycles. The maximum absolute atomic E-state index is 11.6. The number of aryl methyl sites for hydroxylation is 1. The monoisotopic (exact) mass is 312 g/mol. The van der Waals surface area contributed by atoms with Crippen molar-refractivity contribution in [3.8, 4) is 5.75 Å². The van der Waals surface area contributed by atoms with Gasteiger partial charge in [0.05, 0.1) is 6.61 Å². The molecule has 1 rings (SSSR count). The van der Waals surface area contributed by atoms with Gasteiger partial charge >= 0.3 is 8.25 Å². The van der Waals surface area contributed by atoms with Gasteiger partial charge < -0.3 is 9.05 Å². The van der Waals surface area contributed by atoms with Crippen molar-refractivity contribution < 1.29 is 13.6 Å². The molecule has 0 saturated heterocycles. The Hall–Kier alpha value is -0.790. The van der Waals surface area contributed by atoms with E-state index >= 15 is 0 Å². The van der Waals surface area contributed by atoms with Crippen molar-refractivity contribution in [2.45, 2.75) is 65.2 Å². The van der Waals surface area contributed by atoms with Crippen LogP contribution in [0.5, 0.6) is 5.75 Å².